The summed E-state index contributed by atoms with van der Waals surface area (Å²) in [7, 11) is 0. The fraction of sp³-hybridized carbons (Fsp3) is 0.333. The molecule has 0 fully saturated rings. The highest BCUT2D eigenvalue weighted by atomic mass is 19.4. The molecule has 0 aliphatic heterocycles. The fourth-order valence-corrected chi connectivity index (χ4v) is 1.59. The van der Waals surface area contributed by atoms with Crippen LogP contribution in [0, 0.1) is 21.4 Å². The zero-order valence-corrected chi connectivity index (χ0v) is 11.1. The Balaban J connectivity index is 3.33. The SMILES string of the molecule is CCOC(=O)Cc1cc(OC(F)(F)F)c(C#N)cc1[N+](=O)[O-]. The second kappa shape index (κ2) is 6.75. The van der Waals surface area contributed by atoms with Crippen molar-refractivity contribution in [1.82, 2.24) is 0 Å². The number of halogens is 3. The van der Waals surface area contributed by atoms with Gasteiger partial charge in [0.1, 0.15) is 17.4 Å². The maximum atomic E-state index is 12.3. The van der Waals surface area contributed by atoms with Gasteiger partial charge in [-0.25, -0.2) is 0 Å². The molecule has 0 radical (unpaired) electrons. The van der Waals surface area contributed by atoms with Crippen LogP contribution in [-0.4, -0.2) is 23.9 Å². The number of nitro benzene ring substituents is 1. The number of carbonyl (C=O) groups excluding carboxylic acids is 1. The minimum atomic E-state index is -5.08. The normalized spacial score (nSPS) is 10.7. The van der Waals surface area contributed by atoms with Crippen molar-refractivity contribution in [3.63, 3.8) is 0 Å². The molecule has 1 rings (SSSR count). The standard InChI is InChI=1S/C12H9F3N2O5/c1-2-21-11(18)5-7-4-10(22-12(13,14)15)8(6-16)3-9(7)17(19)20/h3-4H,2,5H2,1H3. The number of nitriles is 1. The van der Waals surface area contributed by atoms with E-state index >= 15 is 0 Å². The van der Waals surface area contributed by atoms with Crippen LogP contribution in [0.15, 0.2) is 12.1 Å². The predicted molar refractivity (Wildman–Crippen MR) is 64.8 cm³/mol. The third-order valence-electron chi connectivity index (χ3n) is 2.36. The number of ether oxygens (including phenoxy) is 2. The highest BCUT2D eigenvalue weighted by Crippen LogP contribution is 2.32. The molecule has 0 saturated heterocycles. The first-order valence-electron chi connectivity index (χ1n) is 5.80. The van der Waals surface area contributed by atoms with Crippen LogP contribution in [0.2, 0.25) is 0 Å². The molecule has 0 amide bonds. The first-order chi connectivity index (χ1) is 10.2. The summed E-state index contributed by atoms with van der Waals surface area (Å²) in [5, 5.41) is 19.7. The van der Waals surface area contributed by atoms with E-state index in [0.717, 1.165) is 0 Å². The second-order valence-corrected chi connectivity index (χ2v) is 3.88. The molecule has 0 N–H and O–H groups in total. The Hall–Kier alpha value is -2.83. The molecule has 118 valence electrons. The van der Waals surface area contributed by atoms with Crippen LogP contribution in [0.1, 0.15) is 18.1 Å². The van der Waals surface area contributed by atoms with Gasteiger partial charge in [0, 0.05) is 11.6 Å². The lowest BCUT2D eigenvalue weighted by molar-refractivity contribution is -0.385. The molecular formula is C12H9F3N2O5. The van der Waals surface area contributed by atoms with Crippen LogP contribution in [-0.2, 0) is 16.0 Å². The van der Waals surface area contributed by atoms with Gasteiger partial charge >= 0.3 is 12.3 Å². The van der Waals surface area contributed by atoms with E-state index in [4.69, 9.17) is 5.26 Å². The minimum absolute atomic E-state index is 0.00875. The monoisotopic (exact) mass is 318 g/mol. The van der Waals surface area contributed by atoms with Gasteiger partial charge in [0.05, 0.1) is 18.0 Å². The first kappa shape index (κ1) is 17.2. The van der Waals surface area contributed by atoms with Crippen LogP contribution in [0.5, 0.6) is 5.75 Å². The summed E-state index contributed by atoms with van der Waals surface area (Å²) in [5.41, 5.74) is -1.68. The van der Waals surface area contributed by atoms with Crippen molar-refractivity contribution in [3.8, 4) is 11.8 Å². The van der Waals surface area contributed by atoms with Gasteiger partial charge < -0.3 is 9.47 Å². The molecule has 1 aromatic carbocycles. The number of benzene rings is 1. The summed E-state index contributed by atoms with van der Waals surface area (Å²) in [5.74, 6) is -1.77. The molecule has 1 aromatic rings. The van der Waals surface area contributed by atoms with Gasteiger partial charge in [-0.3, -0.25) is 14.9 Å². The van der Waals surface area contributed by atoms with E-state index in [1.165, 1.54) is 13.0 Å². The lowest BCUT2D eigenvalue weighted by Crippen LogP contribution is -2.18. The van der Waals surface area contributed by atoms with E-state index < -0.39 is 40.7 Å². The Morgan fingerprint density at radius 3 is 2.55 bits per heavy atom. The quantitative estimate of drug-likeness (QED) is 0.469. The summed E-state index contributed by atoms with van der Waals surface area (Å²) < 4.78 is 45.1. The second-order valence-electron chi connectivity index (χ2n) is 3.88. The Labute approximate surface area is 122 Å². The number of carbonyl (C=O) groups is 1. The van der Waals surface area contributed by atoms with Crippen molar-refractivity contribution < 1.29 is 32.4 Å². The van der Waals surface area contributed by atoms with Gasteiger partial charge in [0.2, 0.25) is 0 Å². The molecule has 0 unspecified atom stereocenters. The summed E-state index contributed by atoms with van der Waals surface area (Å²) in [6, 6.07) is 2.63. The highest BCUT2D eigenvalue weighted by molar-refractivity contribution is 5.75. The van der Waals surface area contributed by atoms with Crippen molar-refractivity contribution in [3.05, 3.63) is 33.4 Å². The molecular weight excluding hydrogens is 309 g/mol. The smallest absolute Gasteiger partial charge is 0.466 e. The fourth-order valence-electron chi connectivity index (χ4n) is 1.59. The van der Waals surface area contributed by atoms with Gasteiger partial charge in [-0.1, -0.05) is 0 Å². The maximum Gasteiger partial charge on any atom is 0.573 e. The van der Waals surface area contributed by atoms with Crippen molar-refractivity contribution >= 4 is 11.7 Å². The van der Waals surface area contributed by atoms with Crippen LogP contribution in [0.25, 0.3) is 0 Å². The van der Waals surface area contributed by atoms with Gasteiger partial charge in [-0.05, 0) is 13.0 Å². The summed E-state index contributed by atoms with van der Waals surface area (Å²) >= 11 is 0. The Morgan fingerprint density at radius 1 is 1.45 bits per heavy atom. The zero-order valence-electron chi connectivity index (χ0n) is 11.1. The lowest BCUT2D eigenvalue weighted by atomic mass is 10.1. The molecule has 0 aliphatic rings. The molecule has 0 aromatic heterocycles. The van der Waals surface area contributed by atoms with E-state index in [1.54, 1.807) is 0 Å². The largest absolute Gasteiger partial charge is 0.573 e. The average molecular weight is 318 g/mol. The van der Waals surface area contributed by atoms with Crippen LogP contribution in [0.4, 0.5) is 18.9 Å². The molecule has 7 nitrogen and oxygen atoms in total. The van der Waals surface area contributed by atoms with Crippen LogP contribution in [0.3, 0.4) is 0 Å². The van der Waals surface area contributed by atoms with Crippen LogP contribution < -0.4 is 4.74 Å². The van der Waals surface area contributed by atoms with Gasteiger partial charge in [0.15, 0.2) is 0 Å². The topological polar surface area (TPSA) is 102 Å². The van der Waals surface area contributed by atoms with Crippen molar-refractivity contribution in [1.29, 1.82) is 5.26 Å². The molecule has 0 spiro atoms. The van der Waals surface area contributed by atoms with Crippen molar-refractivity contribution in [2.75, 3.05) is 6.61 Å². The Kier molecular flexibility index (Phi) is 5.28. The number of hydrogen-bond donors (Lipinski definition) is 0. The van der Waals surface area contributed by atoms with E-state index in [2.05, 4.69) is 9.47 Å². The molecule has 22 heavy (non-hydrogen) atoms. The van der Waals surface area contributed by atoms with E-state index in [9.17, 15) is 28.1 Å². The highest BCUT2D eigenvalue weighted by Gasteiger charge is 2.33. The molecule has 0 atom stereocenters. The number of nitro groups is 1. The number of rotatable bonds is 5. The summed E-state index contributed by atoms with van der Waals surface area (Å²) in [6.07, 6.45) is -5.70. The molecule has 10 heteroatoms. The third kappa shape index (κ3) is 4.62. The van der Waals surface area contributed by atoms with Gasteiger partial charge in [-0.2, -0.15) is 5.26 Å². The number of esters is 1. The molecule has 0 saturated carbocycles. The lowest BCUT2D eigenvalue weighted by Gasteiger charge is -2.12. The first-order valence-corrected chi connectivity index (χ1v) is 5.80. The van der Waals surface area contributed by atoms with Crippen molar-refractivity contribution in [2.45, 2.75) is 19.7 Å². The number of hydrogen-bond acceptors (Lipinski definition) is 6. The van der Waals surface area contributed by atoms with Crippen molar-refractivity contribution in [2.24, 2.45) is 0 Å². The molecule has 0 bridgehead atoms. The molecule has 0 aliphatic carbocycles. The van der Waals surface area contributed by atoms with Gasteiger partial charge in [-0.15, -0.1) is 13.2 Å². The van der Waals surface area contributed by atoms with Crippen LogP contribution >= 0.6 is 0 Å². The molecule has 0 heterocycles. The Morgan fingerprint density at radius 2 is 2.09 bits per heavy atom. The third-order valence-corrected chi connectivity index (χ3v) is 2.36. The zero-order chi connectivity index (χ0) is 16.9. The summed E-state index contributed by atoms with van der Waals surface area (Å²) in [4.78, 5) is 21.4. The predicted octanol–water partition coefficient (Wildman–Crippen LogP) is 2.47. The summed E-state index contributed by atoms with van der Waals surface area (Å²) in [6.45, 7) is 1.51. The van der Waals surface area contributed by atoms with E-state index in [1.807, 2.05) is 0 Å². The maximum absolute atomic E-state index is 12.3. The Bertz CT molecular complexity index is 637. The van der Waals surface area contributed by atoms with E-state index in [0.29, 0.717) is 12.1 Å². The number of nitrogens with zero attached hydrogens (tertiary/aromatic N) is 2. The number of alkyl halides is 3. The van der Waals surface area contributed by atoms with E-state index in [-0.39, 0.29) is 12.2 Å². The van der Waals surface area contributed by atoms with Gasteiger partial charge in [0.25, 0.3) is 5.69 Å². The average Bonchev–Trinajstić information content (AvgIpc) is 2.36. The minimum Gasteiger partial charge on any atom is -0.466 e.